The quantitative estimate of drug-likeness (QED) is 0.270. The number of nitriles is 1. The molecule has 0 atom stereocenters. The predicted molar refractivity (Wildman–Crippen MR) is 129 cm³/mol. The highest BCUT2D eigenvalue weighted by molar-refractivity contribution is 6.33. The summed E-state index contributed by atoms with van der Waals surface area (Å²) in [5.74, 6) is 4.07. The molecule has 0 amide bonds. The molecule has 1 saturated heterocycles. The van der Waals surface area contributed by atoms with Gasteiger partial charge in [-0.3, -0.25) is 15.2 Å². The van der Waals surface area contributed by atoms with Crippen molar-refractivity contribution in [1.29, 1.82) is 5.26 Å². The van der Waals surface area contributed by atoms with Crippen molar-refractivity contribution in [2.75, 3.05) is 31.1 Å². The maximum Gasteiger partial charge on any atom is 0.417 e. The Morgan fingerprint density at radius 1 is 1.09 bits per heavy atom. The first-order chi connectivity index (χ1) is 16.6. The van der Waals surface area contributed by atoms with Crippen LogP contribution >= 0.6 is 11.6 Å². The molecule has 35 heavy (non-hydrogen) atoms. The lowest BCUT2D eigenvalue weighted by Gasteiger charge is -2.53. The molecule has 0 radical (unpaired) electrons. The number of pyridine rings is 1. The first-order valence-electron chi connectivity index (χ1n) is 12.5. The van der Waals surface area contributed by atoms with E-state index in [4.69, 9.17) is 16.6 Å². The van der Waals surface area contributed by atoms with Crippen LogP contribution in [0.25, 0.3) is 0 Å². The topological polar surface area (TPSA) is 67.6 Å². The minimum Gasteiger partial charge on any atom is -0.353 e. The van der Waals surface area contributed by atoms with Crippen LogP contribution in [0.15, 0.2) is 17.3 Å². The Morgan fingerprint density at radius 3 is 2.20 bits per heavy atom. The number of aliphatic imine (C=N–C) groups is 1. The molecular formula is C25H32ClF3N6. The summed E-state index contributed by atoms with van der Waals surface area (Å²) < 4.78 is 38.9. The average Bonchev–Trinajstić information content (AvgIpc) is 2.79. The molecule has 5 aliphatic rings. The second-order valence-corrected chi connectivity index (χ2v) is 11.6. The summed E-state index contributed by atoms with van der Waals surface area (Å²) in [6.07, 6.45) is 4.92. The fraction of sp³-hybridized carbons (Fsp3) is 0.720. The van der Waals surface area contributed by atoms with Crippen molar-refractivity contribution in [1.82, 2.24) is 15.2 Å². The molecule has 0 aromatic carbocycles. The first kappa shape index (κ1) is 24.6. The molecule has 10 heteroatoms. The SMILES string of the molecule is CC(C)(C(=NC1C2CC3CC(C2)CC1C3)NC#N)N1CCN(c2ncc(C(F)(F)F)cc2Cl)CC1. The normalized spacial score (nSPS) is 31.5. The zero-order valence-corrected chi connectivity index (χ0v) is 20.9. The van der Waals surface area contributed by atoms with Gasteiger partial charge in [0.1, 0.15) is 11.7 Å². The van der Waals surface area contributed by atoms with Crippen LogP contribution in [-0.2, 0) is 6.18 Å². The Hall–Kier alpha value is -2.05. The lowest BCUT2D eigenvalue weighted by atomic mass is 9.54. The third-order valence-electron chi connectivity index (χ3n) is 8.73. The molecular weight excluding hydrogens is 477 g/mol. The number of hydrogen-bond donors (Lipinski definition) is 1. The van der Waals surface area contributed by atoms with Crippen molar-refractivity contribution in [3.8, 4) is 6.19 Å². The molecule has 6 rings (SSSR count). The van der Waals surface area contributed by atoms with Crippen molar-refractivity contribution >= 4 is 23.3 Å². The molecule has 5 fully saturated rings. The minimum atomic E-state index is -4.47. The maximum atomic E-state index is 13.0. The summed E-state index contributed by atoms with van der Waals surface area (Å²) in [5.41, 5.74) is -1.33. The van der Waals surface area contributed by atoms with Gasteiger partial charge in [-0.15, -0.1) is 0 Å². The van der Waals surface area contributed by atoms with Gasteiger partial charge in [-0.05, 0) is 75.7 Å². The number of nitrogens with one attached hydrogen (secondary N) is 1. The summed E-state index contributed by atoms with van der Waals surface area (Å²) in [6, 6.07) is 1.22. The number of amidine groups is 1. The number of nitrogens with zero attached hydrogens (tertiary/aromatic N) is 5. The van der Waals surface area contributed by atoms with E-state index in [1.54, 1.807) is 0 Å². The van der Waals surface area contributed by atoms with Gasteiger partial charge in [0.25, 0.3) is 0 Å². The van der Waals surface area contributed by atoms with E-state index in [-0.39, 0.29) is 11.1 Å². The smallest absolute Gasteiger partial charge is 0.353 e. The molecule has 1 aromatic heterocycles. The zero-order chi connectivity index (χ0) is 25.0. The monoisotopic (exact) mass is 508 g/mol. The molecule has 6 nitrogen and oxygen atoms in total. The Bertz CT molecular complexity index is 997. The van der Waals surface area contributed by atoms with E-state index in [2.05, 4.69) is 35.2 Å². The third kappa shape index (κ3) is 4.72. The van der Waals surface area contributed by atoms with Gasteiger partial charge in [0, 0.05) is 32.4 Å². The van der Waals surface area contributed by atoms with E-state index >= 15 is 0 Å². The van der Waals surface area contributed by atoms with E-state index in [1.807, 2.05) is 4.90 Å². The fourth-order valence-electron chi connectivity index (χ4n) is 7.10. The zero-order valence-electron chi connectivity index (χ0n) is 20.2. The standard InChI is InChI=1S/C25H32ClF3N6/c1-24(2,23(32-14-30)33-21-17-8-15-7-16(10-17)11-18(21)9-15)35-5-3-34(4-6-35)22-20(26)12-19(13-31-22)25(27,28)29/h12-13,15-18,21H,3-11H2,1-2H3,(H,32,33). The van der Waals surface area contributed by atoms with Crippen LogP contribution in [0.4, 0.5) is 19.0 Å². The van der Waals surface area contributed by atoms with Gasteiger partial charge in [-0.2, -0.15) is 18.4 Å². The predicted octanol–water partition coefficient (Wildman–Crippen LogP) is 4.95. The van der Waals surface area contributed by atoms with Crippen LogP contribution < -0.4 is 10.2 Å². The summed E-state index contributed by atoms with van der Waals surface area (Å²) in [7, 11) is 0. The molecule has 1 aromatic rings. The van der Waals surface area contributed by atoms with E-state index in [0.717, 1.165) is 29.9 Å². The molecule has 1 aliphatic heterocycles. The van der Waals surface area contributed by atoms with E-state index in [1.165, 1.54) is 32.1 Å². The highest BCUT2D eigenvalue weighted by Gasteiger charge is 2.49. The van der Waals surface area contributed by atoms with Gasteiger partial charge in [0.05, 0.1) is 22.2 Å². The number of rotatable bonds is 4. The fourth-order valence-corrected chi connectivity index (χ4v) is 7.38. The Labute approximate surface area is 209 Å². The maximum absolute atomic E-state index is 13.0. The van der Waals surface area contributed by atoms with Gasteiger partial charge < -0.3 is 4.90 Å². The molecule has 1 N–H and O–H groups in total. The highest BCUT2D eigenvalue weighted by Crippen LogP contribution is 2.54. The van der Waals surface area contributed by atoms with Gasteiger partial charge in [0.15, 0.2) is 6.19 Å². The van der Waals surface area contributed by atoms with Gasteiger partial charge in [0.2, 0.25) is 0 Å². The van der Waals surface area contributed by atoms with Gasteiger partial charge >= 0.3 is 6.18 Å². The number of halogens is 4. The molecule has 190 valence electrons. The largest absolute Gasteiger partial charge is 0.417 e. The Balaban J connectivity index is 1.29. The highest BCUT2D eigenvalue weighted by atomic mass is 35.5. The van der Waals surface area contributed by atoms with Crippen molar-refractivity contribution in [2.45, 2.75) is 63.7 Å². The summed E-state index contributed by atoms with van der Waals surface area (Å²) in [5, 5.41) is 12.4. The second-order valence-electron chi connectivity index (χ2n) is 11.2. The van der Waals surface area contributed by atoms with Crippen molar-refractivity contribution in [3.05, 3.63) is 22.8 Å². The molecule has 0 unspecified atom stereocenters. The first-order valence-corrected chi connectivity index (χ1v) is 12.9. The third-order valence-corrected chi connectivity index (χ3v) is 9.01. The molecule has 2 heterocycles. The van der Waals surface area contributed by atoms with Crippen LogP contribution in [0.1, 0.15) is 51.5 Å². The average molecular weight is 509 g/mol. The van der Waals surface area contributed by atoms with Crippen LogP contribution in [0.2, 0.25) is 5.02 Å². The Kier molecular flexibility index (Phi) is 6.41. The van der Waals surface area contributed by atoms with Crippen molar-refractivity contribution < 1.29 is 13.2 Å². The van der Waals surface area contributed by atoms with E-state index in [0.29, 0.717) is 43.8 Å². The van der Waals surface area contributed by atoms with Gasteiger partial charge in [-0.1, -0.05) is 11.6 Å². The number of alkyl halides is 3. The molecule has 0 spiro atoms. The van der Waals surface area contributed by atoms with Crippen molar-refractivity contribution in [2.24, 2.45) is 28.7 Å². The van der Waals surface area contributed by atoms with Crippen LogP contribution in [0, 0.1) is 35.1 Å². The van der Waals surface area contributed by atoms with E-state index < -0.39 is 17.3 Å². The van der Waals surface area contributed by atoms with Crippen LogP contribution in [0.3, 0.4) is 0 Å². The number of anilines is 1. The minimum absolute atomic E-state index is 0.00261. The lowest BCUT2D eigenvalue weighted by molar-refractivity contribution is -0.137. The van der Waals surface area contributed by atoms with Crippen LogP contribution in [0.5, 0.6) is 0 Å². The lowest BCUT2D eigenvalue weighted by Crippen LogP contribution is -2.61. The number of piperazine rings is 1. The molecule has 4 bridgehead atoms. The summed E-state index contributed by atoms with van der Waals surface area (Å²) in [4.78, 5) is 13.4. The summed E-state index contributed by atoms with van der Waals surface area (Å²) in [6.45, 7) is 6.62. The van der Waals surface area contributed by atoms with Gasteiger partial charge in [-0.25, -0.2) is 4.98 Å². The summed E-state index contributed by atoms with van der Waals surface area (Å²) >= 11 is 6.17. The van der Waals surface area contributed by atoms with Crippen LogP contribution in [-0.4, -0.2) is 53.5 Å². The number of hydrogen-bond acceptors (Lipinski definition) is 5. The number of aromatic nitrogens is 1. The second kappa shape index (κ2) is 9.11. The van der Waals surface area contributed by atoms with E-state index in [9.17, 15) is 18.4 Å². The molecule has 4 saturated carbocycles. The molecule has 4 aliphatic carbocycles. The Morgan fingerprint density at radius 2 is 1.69 bits per heavy atom. The van der Waals surface area contributed by atoms with Crippen molar-refractivity contribution in [3.63, 3.8) is 0 Å².